The van der Waals surface area contributed by atoms with Crippen LogP contribution < -0.4 is 5.32 Å². The monoisotopic (exact) mass is 252 g/mol. The van der Waals surface area contributed by atoms with Crippen LogP contribution in [0.3, 0.4) is 0 Å². The van der Waals surface area contributed by atoms with Gasteiger partial charge in [0.15, 0.2) is 0 Å². The summed E-state index contributed by atoms with van der Waals surface area (Å²) in [5.41, 5.74) is 0.612. The maximum absolute atomic E-state index is 11.9. The Morgan fingerprint density at radius 2 is 2.35 bits per heavy atom. The van der Waals surface area contributed by atoms with Gasteiger partial charge in [0.05, 0.1) is 5.02 Å². The predicted molar refractivity (Wildman–Crippen MR) is 70.1 cm³/mol. The third-order valence-corrected chi connectivity index (χ3v) is 2.48. The van der Waals surface area contributed by atoms with E-state index in [0.29, 0.717) is 23.7 Å². The van der Waals surface area contributed by atoms with E-state index in [1.54, 1.807) is 19.2 Å². The molecule has 0 saturated carbocycles. The van der Waals surface area contributed by atoms with Crippen LogP contribution in [0.1, 0.15) is 37.2 Å². The Hall–Kier alpha value is -1.40. The summed E-state index contributed by atoms with van der Waals surface area (Å²) in [6, 6.07) is 1.69. The second-order valence-corrected chi connectivity index (χ2v) is 4.11. The van der Waals surface area contributed by atoms with Gasteiger partial charge in [-0.15, -0.1) is 11.8 Å². The summed E-state index contributed by atoms with van der Waals surface area (Å²) in [5.74, 6) is 5.60. The van der Waals surface area contributed by atoms with Crippen molar-refractivity contribution in [2.75, 3.05) is 6.54 Å². The highest BCUT2D eigenvalue weighted by Crippen LogP contribution is 2.14. The van der Waals surface area contributed by atoms with E-state index in [2.05, 4.69) is 24.1 Å². The van der Waals surface area contributed by atoms with Gasteiger partial charge in [-0.1, -0.05) is 18.5 Å². The molecule has 0 fully saturated rings. The average Bonchev–Trinajstić information content (AvgIpc) is 2.66. The number of aromatic nitrogens is 1. The summed E-state index contributed by atoms with van der Waals surface area (Å²) in [4.78, 5) is 11.9. The van der Waals surface area contributed by atoms with Gasteiger partial charge in [0, 0.05) is 25.7 Å². The molecule has 1 aromatic heterocycles. The number of hydrogen-bond donors (Lipinski definition) is 1. The Labute approximate surface area is 107 Å². The first kappa shape index (κ1) is 13.7. The van der Waals surface area contributed by atoms with E-state index >= 15 is 0 Å². The zero-order chi connectivity index (χ0) is 12.7. The molecule has 4 heteroatoms. The molecule has 0 aromatic carbocycles. The highest BCUT2D eigenvalue weighted by Gasteiger charge is 2.11. The number of nitrogens with zero attached hydrogens (tertiary/aromatic N) is 1. The van der Waals surface area contributed by atoms with E-state index in [1.165, 1.54) is 0 Å². The molecule has 1 amide bonds. The SMILES string of the molecule is CC#CCCNC(=O)c1cc(Cl)cn1CCC. The van der Waals surface area contributed by atoms with Crippen molar-refractivity contribution >= 4 is 17.5 Å². The van der Waals surface area contributed by atoms with Crippen LogP contribution in [-0.4, -0.2) is 17.0 Å². The van der Waals surface area contributed by atoms with Crippen LogP contribution in [0.15, 0.2) is 12.3 Å². The fourth-order valence-electron chi connectivity index (χ4n) is 1.55. The molecule has 92 valence electrons. The molecule has 0 aliphatic carbocycles. The van der Waals surface area contributed by atoms with E-state index in [0.717, 1.165) is 13.0 Å². The Balaban J connectivity index is 2.63. The number of halogens is 1. The Morgan fingerprint density at radius 3 is 3.00 bits per heavy atom. The van der Waals surface area contributed by atoms with Gasteiger partial charge in [-0.3, -0.25) is 4.79 Å². The standard InChI is InChI=1S/C13H17ClN2O/c1-3-5-6-7-15-13(17)12-9-11(14)10-16(12)8-4-2/h9-10H,4,6-8H2,1-2H3,(H,15,17). The normalized spacial score (nSPS) is 9.59. The number of amides is 1. The largest absolute Gasteiger partial charge is 0.350 e. The third-order valence-electron chi connectivity index (χ3n) is 2.27. The van der Waals surface area contributed by atoms with Gasteiger partial charge < -0.3 is 9.88 Å². The highest BCUT2D eigenvalue weighted by molar-refractivity contribution is 6.31. The lowest BCUT2D eigenvalue weighted by Gasteiger charge is -2.07. The van der Waals surface area contributed by atoms with Crippen molar-refractivity contribution in [3.63, 3.8) is 0 Å². The van der Waals surface area contributed by atoms with Crippen LogP contribution in [0, 0.1) is 11.8 Å². The van der Waals surface area contributed by atoms with Crippen molar-refractivity contribution in [2.45, 2.75) is 33.2 Å². The molecular weight excluding hydrogens is 236 g/mol. The lowest BCUT2D eigenvalue weighted by atomic mass is 10.3. The molecule has 0 radical (unpaired) electrons. The summed E-state index contributed by atoms with van der Waals surface area (Å²) in [7, 11) is 0. The number of aryl methyl sites for hydroxylation is 1. The van der Waals surface area contributed by atoms with E-state index in [9.17, 15) is 4.79 Å². The van der Waals surface area contributed by atoms with E-state index in [-0.39, 0.29) is 5.91 Å². The molecule has 0 atom stereocenters. The molecule has 1 aromatic rings. The molecule has 0 saturated heterocycles. The van der Waals surface area contributed by atoms with Crippen molar-refractivity contribution in [2.24, 2.45) is 0 Å². The van der Waals surface area contributed by atoms with Gasteiger partial charge in [-0.05, 0) is 19.4 Å². The zero-order valence-electron chi connectivity index (χ0n) is 10.2. The van der Waals surface area contributed by atoms with Gasteiger partial charge in [0.25, 0.3) is 5.91 Å². The molecule has 0 bridgehead atoms. The molecule has 0 aliphatic heterocycles. The van der Waals surface area contributed by atoms with Gasteiger partial charge in [-0.25, -0.2) is 0 Å². The van der Waals surface area contributed by atoms with Crippen LogP contribution in [0.4, 0.5) is 0 Å². The van der Waals surface area contributed by atoms with E-state index in [1.807, 2.05) is 4.57 Å². The predicted octanol–water partition coefficient (Wildman–Crippen LogP) is 2.69. The first-order valence-corrected chi connectivity index (χ1v) is 6.10. The molecule has 1 heterocycles. The fourth-order valence-corrected chi connectivity index (χ4v) is 1.77. The maximum atomic E-state index is 11.9. The second-order valence-electron chi connectivity index (χ2n) is 3.67. The van der Waals surface area contributed by atoms with Crippen molar-refractivity contribution in [3.05, 3.63) is 23.0 Å². The summed E-state index contributed by atoms with van der Waals surface area (Å²) in [5, 5.41) is 3.42. The van der Waals surface area contributed by atoms with Crippen molar-refractivity contribution < 1.29 is 4.79 Å². The molecule has 17 heavy (non-hydrogen) atoms. The molecule has 0 unspecified atom stereocenters. The topological polar surface area (TPSA) is 34.0 Å². The lowest BCUT2D eigenvalue weighted by molar-refractivity contribution is 0.0945. The minimum atomic E-state index is -0.0942. The summed E-state index contributed by atoms with van der Waals surface area (Å²) in [6.45, 7) is 5.21. The van der Waals surface area contributed by atoms with E-state index in [4.69, 9.17) is 11.6 Å². The fraction of sp³-hybridized carbons (Fsp3) is 0.462. The number of carbonyl (C=O) groups is 1. The van der Waals surface area contributed by atoms with Crippen molar-refractivity contribution in [1.29, 1.82) is 0 Å². The molecule has 3 nitrogen and oxygen atoms in total. The molecule has 0 spiro atoms. The van der Waals surface area contributed by atoms with Gasteiger partial charge in [-0.2, -0.15) is 0 Å². The van der Waals surface area contributed by atoms with Crippen LogP contribution in [0.5, 0.6) is 0 Å². The molecule has 1 N–H and O–H groups in total. The quantitative estimate of drug-likeness (QED) is 0.635. The zero-order valence-corrected chi connectivity index (χ0v) is 11.0. The molecular formula is C13H17ClN2O. The molecule has 0 aliphatic rings. The Morgan fingerprint density at radius 1 is 1.59 bits per heavy atom. The van der Waals surface area contributed by atoms with Gasteiger partial charge in [0.1, 0.15) is 5.69 Å². The minimum Gasteiger partial charge on any atom is -0.350 e. The average molecular weight is 253 g/mol. The number of hydrogen-bond acceptors (Lipinski definition) is 1. The van der Waals surface area contributed by atoms with Crippen LogP contribution in [0.25, 0.3) is 0 Å². The van der Waals surface area contributed by atoms with Crippen LogP contribution >= 0.6 is 11.6 Å². The molecule has 1 rings (SSSR count). The number of nitrogens with one attached hydrogen (secondary N) is 1. The van der Waals surface area contributed by atoms with Crippen molar-refractivity contribution in [1.82, 2.24) is 9.88 Å². The Bertz CT molecular complexity index is 440. The van der Waals surface area contributed by atoms with Gasteiger partial charge in [0.2, 0.25) is 0 Å². The number of rotatable bonds is 5. The van der Waals surface area contributed by atoms with E-state index < -0.39 is 0 Å². The summed E-state index contributed by atoms with van der Waals surface area (Å²) >= 11 is 5.91. The van der Waals surface area contributed by atoms with Gasteiger partial charge >= 0.3 is 0 Å². The first-order chi connectivity index (χ1) is 8.19. The second kappa shape index (κ2) is 7.03. The third kappa shape index (κ3) is 4.16. The highest BCUT2D eigenvalue weighted by atomic mass is 35.5. The lowest BCUT2D eigenvalue weighted by Crippen LogP contribution is -2.26. The first-order valence-electron chi connectivity index (χ1n) is 5.72. The maximum Gasteiger partial charge on any atom is 0.267 e. The Kier molecular flexibility index (Phi) is 5.65. The van der Waals surface area contributed by atoms with Crippen molar-refractivity contribution in [3.8, 4) is 11.8 Å². The number of carbonyl (C=O) groups excluding carboxylic acids is 1. The van der Waals surface area contributed by atoms with Crippen LogP contribution in [0.2, 0.25) is 5.02 Å². The van der Waals surface area contributed by atoms with Crippen LogP contribution in [-0.2, 0) is 6.54 Å². The minimum absolute atomic E-state index is 0.0942. The summed E-state index contributed by atoms with van der Waals surface area (Å²) in [6.07, 6.45) is 3.42. The smallest absolute Gasteiger partial charge is 0.267 e. The summed E-state index contributed by atoms with van der Waals surface area (Å²) < 4.78 is 1.88.